The molecule has 0 bridgehead atoms. The van der Waals surface area contributed by atoms with Crippen LogP contribution >= 0.6 is 0 Å². The average Bonchev–Trinajstić information content (AvgIpc) is 2.38. The first kappa shape index (κ1) is 12.1. The van der Waals surface area contributed by atoms with Gasteiger partial charge in [-0.25, -0.2) is 0 Å². The number of carbonyl (C=O) groups is 1. The van der Waals surface area contributed by atoms with Gasteiger partial charge in [0.2, 0.25) is 0 Å². The quantitative estimate of drug-likeness (QED) is 0.751. The third-order valence-electron chi connectivity index (χ3n) is 3.46. The van der Waals surface area contributed by atoms with Crippen molar-refractivity contribution in [2.75, 3.05) is 25.1 Å². The predicted octanol–water partition coefficient (Wildman–Crippen LogP) is 2.42. The Morgan fingerprint density at radius 2 is 2.29 bits per heavy atom. The minimum atomic E-state index is 0.329. The second kappa shape index (κ2) is 5.32. The van der Waals surface area contributed by atoms with Gasteiger partial charge < -0.3 is 9.64 Å². The van der Waals surface area contributed by atoms with E-state index in [0.29, 0.717) is 6.10 Å². The number of benzene rings is 1. The van der Waals surface area contributed by atoms with Crippen molar-refractivity contribution >= 4 is 12.0 Å². The maximum absolute atomic E-state index is 10.8. The number of hydrogen-bond donors (Lipinski definition) is 0. The monoisotopic (exact) mass is 233 g/mol. The van der Waals surface area contributed by atoms with E-state index in [4.69, 9.17) is 4.74 Å². The third kappa shape index (κ3) is 2.67. The summed E-state index contributed by atoms with van der Waals surface area (Å²) in [5.41, 5.74) is 3.00. The van der Waals surface area contributed by atoms with Crippen molar-refractivity contribution in [1.29, 1.82) is 0 Å². The molecule has 92 valence electrons. The van der Waals surface area contributed by atoms with Gasteiger partial charge in [-0.1, -0.05) is 0 Å². The Balaban J connectivity index is 2.16. The summed E-state index contributed by atoms with van der Waals surface area (Å²) in [5, 5.41) is 0. The van der Waals surface area contributed by atoms with Crippen molar-refractivity contribution in [3.63, 3.8) is 0 Å². The number of aldehydes is 1. The fourth-order valence-electron chi connectivity index (χ4n) is 2.35. The van der Waals surface area contributed by atoms with E-state index in [0.717, 1.165) is 43.3 Å². The zero-order chi connectivity index (χ0) is 12.3. The Labute approximate surface area is 102 Å². The first-order valence-corrected chi connectivity index (χ1v) is 6.08. The Kier molecular flexibility index (Phi) is 3.79. The van der Waals surface area contributed by atoms with Crippen LogP contribution in [0.25, 0.3) is 0 Å². The highest BCUT2D eigenvalue weighted by molar-refractivity contribution is 5.78. The summed E-state index contributed by atoms with van der Waals surface area (Å²) in [6, 6.07) is 6.00. The molecule has 1 saturated heterocycles. The van der Waals surface area contributed by atoms with Gasteiger partial charge in [0.1, 0.15) is 6.29 Å². The number of anilines is 1. The fourth-order valence-corrected chi connectivity index (χ4v) is 2.35. The highest BCUT2D eigenvalue weighted by Gasteiger charge is 2.19. The van der Waals surface area contributed by atoms with E-state index in [1.165, 1.54) is 5.69 Å². The predicted molar refractivity (Wildman–Crippen MR) is 68.8 cm³/mol. The standard InChI is InChI=1S/C14H19NO2/c1-11-8-13(6-5-12(11)10-16)15-7-3-4-14(9-15)17-2/h5-6,8,10,14H,3-4,7,9H2,1-2H3. The molecule has 3 heteroatoms. The summed E-state index contributed by atoms with van der Waals surface area (Å²) in [4.78, 5) is 13.1. The summed E-state index contributed by atoms with van der Waals surface area (Å²) < 4.78 is 5.42. The van der Waals surface area contributed by atoms with Crippen LogP contribution in [0.5, 0.6) is 0 Å². The molecule has 1 aromatic rings. The molecule has 2 rings (SSSR count). The lowest BCUT2D eigenvalue weighted by molar-refractivity contribution is 0.0893. The lowest BCUT2D eigenvalue weighted by Crippen LogP contribution is -2.39. The molecule has 0 N–H and O–H groups in total. The highest BCUT2D eigenvalue weighted by atomic mass is 16.5. The van der Waals surface area contributed by atoms with E-state index < -0.39 is 0 Å². The summed E-state index contributed by atoms with van der Waals surface area (Å²) >= 11 is 0. The summed E-state index contributed by atoms with van der Waals surface area (Å²) in [6.45, 7) is 3.99. The van der Waals surface area contributed by atoms with E-state index in [2.05, 4.69) is 11.0 Å². The molecule has 0 aliphatic carbocycles. The molecular formula is C14H19NO2. The number of piperidine rings is 1. The second-order valence-electron chi connectivity index (χ2n) is 4.60. The molecule has 1 heterocycles. The van der Waals surface area contributed by atoms with Crippen LogP contribution in [0.4, 0.5) is 5.69 Å². The molecule has 1 aliphatic heterocycles. The van der Waals surface area contributed by atoms with Gasteiger partial charge in [0, 0.05) is 31.5 Å². The van der Waals surface area contributed by atoms with Crippen LogP contribution in [0, 0.1) is 6.92 Å². The van der Waals surface area contributed by atoms with Gasteiger partial charge in [-0.15, -0.1) is 0 Å². The van der Waals surface area contributed by atoms with Crippen molar-refractivity contribution in [3.05, 3.63) is 29.3 Å². The van der Waals surface area contributed by atoms with E-state index in [9.17, 15) is 4.79 Å². The average molecular weight is 233 g/mol. The first-order chi connectivity index (χ1) is 8.24. The fraction of sp³-hybridized carbons (Fsp3) is 0.500. The van der Waals surface area contributed by atoms with E-state index in [1.54, 1.807) is 7.11 Å². The number of carbonyl (C=O) groups excluding carboxylic acids is 1. The van der Waals surface area contributed by atoms with Gasteiger partial charge in [-0.05, 0) is 43.5 Å². The molecule has 0 aromatic heterocycles. The topological polar surface area (TPSA) is 29.5 Å². The first-order valence-electron chi connectivity index (χ1n) is 6.08. The normalized spacial score (nSPS) is 20.4. The molecule has 3 nitrogen and oxygen atoms in total. The van der Waals surface area contributed by atoms with E-state index in [1.807, 2.05) is 19.1 Å². The smallest absolute Gasteiger partial charge is 0.150 e. The van der Waals surface area contributed by atoms with Gasteiger partial charge in [0.05, 0.1) is 6.10 Å². The number of ether oxygens (including phenoxy) is 1. The Bertz CT molecular complexity index is 403. The number of aryl methyl sites for hydroxylation is 1. The van der Waals surface area contributed by atoms with Crippen molar-refractivity contribution in [3.8, 4) is 0 Å². The lowest BCUT2D eigenvalue weighted by Gasteiger charge is -2.33. The number of rotatable bonds is 3. The highest BCUT2D eigenvalue weighted by Crippen LogP contribution is 2.23. The van der Waals surface area contributed by atoms with Crippen LogP contribution in [0.3, 0.4) is 0 Å². The van der Waals surface area contributed by atoms with E-state index >= 15 is 0 Å². The van der Waals surface area contributed by atoms with Gasteiger partial charge in [0.15, 0.2) is 0 Å². The molecule has 0 saturated carbocycles. The summed E-state index contributed by atoms with van der Waals surface area (Å²) in [5.74, 6) is 0. The molecule has 1 aliphatic rings. The van der Waals surface area contributed by atoms with Crippen LogP contribution in [0.15, 0.2) is 18.2 Å². The van der Waals surface area contributed by atoms with Gasteiger partial charge in [0.25, 0.3) is 0 Å². The SMILES string of the molecule is COC1CCCN(c2ccc(C=O)c(C)c2)C1. The summed E-state index contributed by atoms with van der Waals surface area (Å²) in [6.07, 6.45) is 3.54. The molecule has 1 aromatic carbocycles. The molecular weight excluding hydrogens is 214 g/mol. The maximum Gasteiger partial charge on any atom is 0.150 e. The Hall–Kier alpha value is -1.35. The minimum Gasteiger partial charge on any atom is -0.380 e. The zero-order valence-corrected chi connectivity index (χ0v) is 10.5. The van der Waals surface area contributed by atoms with Crippen molar-refractivity contribution < 1.29 is 9.53 Å². The molecule has 0 spiro atoms. The third-order valence-corrected chi connectivity index (χ3v) is 3.46. The molecule has 1 unspecified atom stereocenters. The van der Waals surface area contributed by atoms with Crippen LogP contribution < -0.4 is 4.90 Å². The lowest BCUT2D eigenvalue weighted by atomic mass is 10.0. The van der Waals surface area contributed by atoms with E-state index in [-0.39, 0.29) is 0 Å². The number of nitrogens with zero attached hydrogens (tertiary/aromatic N) is 1. The van der Waals surface area contributed by atoms with Crippen LogP contribution in [-0.2, 0) is 4.74 Å². The Morgan fingerprint density at radius 3 is 2.94 bits per heavy atom. The molecule has 17 heavy (non-hydrogen) atoms. The van der Waals surface area contributed by atoms with Gasteiger partial charge in [-0.2, -0.15) is 0 Å². The van der Waals surface area contributed by atoms with Crippen molar-refractivity contribution in [2.45, 2.75) is 25.9 Å². The van der Waals surface area contributed by atoms with Crippen molar-refractivity contribution in [1.82, 2.24) is 0 Å². The van der Waals surface area contributed by atoms with Crippen LogP contribution in [-0.4, -0.2) is 32.6 Å². The molecule has 1 atom stereocenters. The summed E-state index contributed by atoms with van der Waals surface area (Å²) in [7, 11) is 1.77. The molecule has 0 radical (unpaired) electrons. The molecule has 1 fully saturated rings. The maximum atomic E-state index is 10.8. The van der Waals surface area contributed by atoms with Crippen LogP contribution in [0.1, 0.15) is 28.8 Å². The largest absolute Gasteiger partial charge is 0.380 e. The number of hydrogen-bond acceptors (Lipinski definition) is 3. The molecule has 0 amide bonds. The zero-order valence-electron chi connectivity index (χ0n) is 10.5. The number of methoxy groups -OCH3 is 1. The minimum absolute atomic E-state index is 0.329. The van der Waals surface area contributed by atoms with Gasteiger partial charge in [-0.3, -0.25) is 4.79 Å². The van der Waals surface area contributed by atoms with Crippen LogP contribution in [0.2, 0.25) is 0 Å². The Morgan fingerprint density at radius 1 is 1.47 bits per heavy atom. The van der Waals surface area contributed by atoms with Crippen molar-refractivity contribution in [2.24, 2.45) is 0 Å². The second-order valence-corrected chi connectivity index (χ2v) is 4.60. The van der Waals surface area contributed by atoms with Gasteiger partial charge >= 0.3 is 0 Å².